The van der Waals surface area contributed by atoms with E-state index in [-0.39, 0.29) is 12.1 Å². The predicted molar refractivity (Wildman–Crippen MR) is 103 cm³/mol. The van der Waals surface area contributed by atoms with Crippen LogP contribution in [0.1, 0.15) is 46.1 Å². The van der Waals surface area contributed by atoms with E-state index in [4.69, 9.17) is 9.47 Å². The van der Waals surface area contributed by atoms with Gasteiger partial charge in [0.1, 0.15) is 0 Å². The molecule has 3 nitrogen and oxygen atoms in total. The van der Waals surface area contributed by atoms with E-state index >= 15 is 0 Å². The Morgan fingerprint density at radius 2 is 1.84 bits per heavy atom. The van der Waals surface area contributed by atoms with E-state index in [2.05, 4.69) is 19.9 Å². The van der Waals surface area contributed by atoms with E-state index in [1.165, 1.54) is 5.57 Å². The number of benzene rings is 2. The van der Waals surface area contributed by atoms with Gasteiger partial charge in [-0.1, -0.05) is 54.1 Å². The lowest BCUT2D eigenvalue weighted by Gasteiger charge is -2.29. The van der Waals surface area contributed by atoms with E-state index in [0.29, 0.717) is 0 Å². The first kappa shape index (κ1) is 19.2. The minimum Gasteiger partial charge on any atom is -0.460 e. The van der Waals surface area contributed by atoms with E-state index in [1.54, 1.807) is 14.0 Å². The van der Waals surface area contributed by atoms with Crippen LogP contribution in [-0.4, -0.2) is 19.2 Å². The summed E-state index contributed by atoms with van der Waals surface area (Å²) >= 11 is 0. The topological polar surface area (TPSA) is 35.5 Å². The van der Waals surface area contributed by atoms with Crippen LogP contribution in [-0.2, 0) is 19.9 Å². The Morgan fingerprint density at radius 1 is 1.16 bits per heavy atom. The number of carbonyl (C=O) groups is 1. The SMILES string of the molecule is CO[C@](C)(C(=O)O[C@@H](C)CCC=C(C)C)c1cccc2ccccc12. The van der Waals surface area contributed by atoms with E-state index in [1.807, 2.05) is 49.4 Å². The molecule has 0 N–H and O–H groups in total. The van der Waals surface area contributed by atoms with Crippen molar-refractivity contribution >= 4 is 16.7 Å². The van der Waals surface area contributed by atoms with Crippen molar-refractivity contribution in [2.24, 2.45) is 0 Å². The van der Waals surface area contributed by atoms with Crippen LogP contribution in [0.15, 0.2) is 54.1 Å². The van der Waals surface area contributed by atoms with Crippen LogP contribution in [0.2, 0.25) is 0 Å². The van der Waals surface area contributed by atoms with Crippen LogP contribution in [0, 0.1) is 0 Å². The zero-order chi connectivity index (χ0) is 18.4. The van der Waals surface area contributed by atoms with Crippen molar-refractivity contribution in [2.45, 2.75) is 52.2 Å². The van der Waals surface area contributed by atoms with Gasteiger partial charge >= 0.3 is 5.97 Å². The van der Waals surface area contributed by atoms with Crippen LogP contribution in [0.25, 0.3) is 10.8 Å². The first-order valence-corrected chi connectivity index (χ1v) is 8.76. The van der Waals surface area contributed by atoms with Crippen molar-refractivity contribution in [3.8, 4) is 0 Å². The summed E-state index contributed by atoms with van der Waals surface area (Å²) in [6.07, 6.45) is 3.69. The third-order valence-electron chi connectivity index (χ3n) is 4.54. The molecule has 2 rings (SSSR count). The van der Waals surface area contributed by atoms with Crippen LogP contribution in [0.3, 0.4) is 0 Å². The molecule has 0 fully saturated rings. The fourth-order valence-corrected chi connectivity index (χ4v) is 2.91. The molecule has 0 unspecified atom stereocenters. The van der Waals surface area contributed by atoms with Crippen molar-refractivity contribution in [3.63, 3.8) is 0 Å². The molecule has 0 aliphatic rings. The number of hydrogen-bond acceptors (Lipinski definition) is 3. The maximum absolute atomic E-state index is 12.9. The Labute approximate surface area is 150 Å². The summed E-state index contributed by atoms with van der Waals surface area (Å²) in [5, 5.41) is 2.08. The Bertz CT molecular complexity index is 753. The molecule has 0 saturated carbocycles. The number of methoxy groups -OCH3 is 1. The summed E-state index contributed by atoms with van der Waals surface area (Å²) in [7, 11) is 1.55. The molecule has 2 aromatic rings. The van der Waals surface area contributed by atoms with Crippen LogP contribution in [0.4, 0.5) is 0 Å². The quantitative estimate of drug-likeness (QED) is 0.501. The molecule has 134 valence electrons. The van der Waals surface area contributed by atoms with Gasteiger partial charge in [-0.2, -0.15) is 0 Å². The summed E-state index contributed by atoms with van der Waals surface area (Å²) in [5.74, 6) is -0.351. The molecule has 0 saturated heterocycles. The van der Waals surface area contributed by atoms with Gasteiger partial charge in [0, 0.05) is 12.7 Å². The predicted octanol–water partition coefficient (Wildman–Crippen LogP) is 5.38. The maximum atomic E-state index is 12.9. The van der Waals surface area contributed by atoms with Crippen LogP contribution in [0.5, 0.6) is 0 Å². The lowest BCUT2D eigenvalue weighted by molar-refractivity contribution is -0.173. The largest absolute Gasteiger partial charge is 0.460 e. The zero-order valence-electron chi connectivity index (χ0n) is 15.8. The average molecular weight is 340 g/mol. The normalized spacial score (nSPS) is 14.6. The van der Waals surface area contributed by atoms with Gasteiger partial charge in [-0.15, -0.1) is 0 Å². The molecular weight excluding hydrogens is 312 g/mol. The number of fused-ring (bicyclic) bond motifs is 1. The molecule has 0 aromatic heterocycles. The highest BCUT2D eigenvalue weighted by molar-refractivity contribution is 5.92. The monoisotopic (exact) mass is 340 g/mol. The second-order valence-electron chi connectivity index (χ2n) is 6.84. The summed E-state index contributed by atoms with van der Waals surface area (Å²) in [6, 6.07) is 13.9. The van der Waals surface area contributed by atoms with Crippen LogP contribution >= 0.6 is 0 Å². The minimum absolute atomic E-state index is 0.160. The lowest BCUT2D eigenvalue weighted by atomic mass is 9.90. The van der Waals surface area contributed by atoms with Gasteiger partial charge in [-0.3, -0.25) is 0 Å². The molecule has 2 atom stereocenters. The minimum atomic E-state index is -1.13. The van der Waals surface area contributed by atoms with Gasteiger partial charge in [-0.05, 0) is 51.3 Å². The number of hydrogen-bond donors (Lipinski definition) is 0. The first-order chi connectivity index (χ1) is 11.9. The highest BCUT2D eigenvalue weighted by Crippen LogP contribution is 2.33. The highest BCUT2D eigenvalue weighted by Gasteiger charge is 2.39. The van der Waals surface area contributed by atoms with Gasteiger partial charge in [0.25, 0.3) is 0 Å². The highest BCUT2D eigenvalue weighted by atomic mass is 16.6. The molecule has 0 aliphatic carbocycles. The molecular formula is C22H28O3. The summed E-state index contributed by atoms with van der Waals surface area (Å²) in [6.45, 7) is 7.84. The molecule has 3 heteroatoms. The summed E-state index contributed by atoms with van der Waals surface area (Å²) < 4.78 is 11.3. The zero-order valence-corrected chi connectivity index (χ0v) is 15.8. The number of allylic oxidation sites excluding steroid dienone is 2. The second-order valence-corrected chi connectivity index (χ2v) is 6.84. The third kappa shape index (κ3) is 4.49. The van der Waals surface area contributed by atoms with Crippen molar-refractivity contribution < 1.29 is 14.3 Å². The van der Waals surface area contributed by atoms with E-state index in [9.17, 15) is 4.79 Å². The van der Waals surface area contributed by atoms with Crippen LogP contribution < -0.4 is 0 Å². The van der Waals surface area contributed by atoms with Crippen molar-refractivity contribution in [3.05, 3.63) is 59.7 Å². The van der Waals surface area contributed by atoms with Gasteiger partial charge in [0.05, 0.1) is 6.10 Å². The van der Waals surface area contributed by atoms with Crippen molar-refractivity contribution in [1.29, 1.82) is 0 Å². The van der Waals surface area contributed by atoms with E-state index < -0.39 is 5.60 Å². The fraction of sp³-hybridized carbons (Fsp3) is 0.409. The Morgan fingerprint density at radius 3 is 2.52 bits per heavy atom. The smallest absolute Gasteiger partial charge is 0.343 e. The van der Waals surface area contributed by atoms with Crippen molar-refractivity contribution in [2.75, 3.05) is 7.11 Å². The summed E-state index contributed by atoms with van der Waals surface area (Å²) in [5.41, 5.74) is 0.969. The van der Waals surface area contributed by atoms with E-state index in [0.717, 1.165) is 29.2 Å². The molecule has 0 bridgehead atoms. The third-order valence-corrected chi connectivity index (χ3v) is 4.54. The number of carbonyl (C=O) groups excluding carboxylic acids is 1. The number of esters is 1. The van der Waals surface area contributed by atoms with Gasteiger partial charge in [-0.25, -0.2) is 4.79 Å². The molecule has 25 heavy (non-hydrogen) atoms. The fourth-order valence-electron chi connectivity index (χ4n) is 2.91. The number of rotatable bonds is 7. The lowest BCUT2D eigenvalue weighted by Crippen LogP contribution is -2.38. The second kappa shape index (κ2) is 8.30. The Hall–Kier alpha value is -2.13. The Balaban J connectivity index is 2.23. The number of ether oxygens (including phenoxy) is 2. The molecule has 0 radical (unpaired) electrons. The van der Waals surface area contributed by atoms with Gasteiger partial charge in [0.15, 0.2) is 5.60 Å². The average Bonchev–Trinajstić information content (AvgIpc) is 2.60. The summed E-state index contributed by atoms with van der Waals surface area (Å²) in [4.78, 5) is 12.9. The Kier molecular flexibility index (Phi) is 6.38. The molecule has 0 spiro atoms. The molecule has 0 amide bonds. The first-order valence-electron chi connectivity index (χ1n) is 8.76. The van der Waals surface area contributed by atoms with Crippen molar-refractivity contribution in [1.82, 2.24) is 0 Å². The van der Waals surface area contributed by atoms with Gasteiger partial charge < -0.3 is 9.47 Å². The molecule has 0 heterocycles. The maximum Gasteiger partial charge on any atom is 0.343 e. The standard InChI is InChI=1S/C22H28O3/c1-16(2)10-8-11-17(3)25-21(23)22(4,24-5)20-15-9-13-18-12-6-7-14-19(18)20/h6-7,9-10,12-15,17H,8,11H2,1-5H3/t17-,22-/m0/s1. The van der Waals surface area contributed by atoms with Gasteiger partial charge in [0.2, 0.25) is 0 Å². The molecule has 2 aromatic carbocycles. The molecule has 0 aliphatic heterocycles.